The van der Waals surface area contributed by atoms with Crippen molar-refractivity contribution in [1.82, 2.24) is 0 Å². The van der Waals surface area contributed by atoms with Gasteiger partial charge in [0.05, 0.1) is 0 Å². The molecule has 1 nitrogen and oxygen atoms in total. The zero-order chi connectivity index (χ0) is 14.4. The Morgan fingerprint density at radius 3 is 2.05 bits per heavy atom. The third-order valence-electron chi connectivity index (χ3n) is 3.88. The number of ketones is 1. The van der Waals surface area contributed by atoms with Gasteiger partial charge in [0, 0.05) is 15.6 Å². The van der Waals surface area contributed by atoms with Crippen molar-refractivity contribution in [1.29, 1.82) is 0 Å². The van der Waals surface area contributed by atoms with Gasteiger partial charge < -0.3 is 0 Å². The molecule has 0 unspecified atom stereocenters. The minimum atomic E-state index is 0.118. The number of carbonyl (C=O) groups excluding carboxylic acids is 1. The first-order valence-corrected chi connectivity index (χ1v) is 7.58. The van der Waals surface area contributed by atoms with Gasteiger partial charge in [0.15, 0.2) is 5.78 Å². The lowest BCUT2D eigenvalue weighted by Crippen LogP contribution is -1.98. The summed E-state index contributed by atoms with van der Waals surface area (Å²) in [5, 5.41) is 0. The van der Waals surface area contributed by atoms with E-state index >= 15 is 0 Å². The van der Waals surface area contributed by atoms with E-state index in [2.05, 4.69) is 15.9 Å². The average Bonchev–Trinajstić information content (AvgIpc) is 2.81. The fourth-order valence-corrected chi connectivity index (χ4v) is 3.42. The lowest BCUT2D eigenvalue weighted by molar-refractivity contribution is 0.104. The summed E-state index contributed by atoms with van der Waals surface area (Å²) in [6.07, 6.45) is 0. The van der Waals surface area contributed by atoms with Crippen LogP contribution in [0.15, 0.2) is 71.2 Å². The maximum absolute atomic E-state index is 12.8. The Morgan fingerprint density at radius 1 is 0.667 bits per heavy atom. The van der Waals surface area contributed by atoms with E-state index in [4.69, 9.17) is 0 Å². The summed E-state index contributed by atoms with van der Waals surface area (Å²) in [6, 6.07) is 21.9. The number of halogens is 1. The second-order valence-corrected chi connectivity index (χ2v) is 6.03. The molecule has 4 rings (SSSR count). The van der Waals surface area contributed by atoms with Gasteiger partial charge in [0.2, 0.25) is 0 Å². The SMILES string of the molecule is O=C1c2ccccc2-c2cc(Br)cc(-c3ccccc3)c21. The normalized spacial score (nSPS) is 12.1. The number of benzene rings is 3. The summed E-state index contributed by atoms with van der Waals surface area (Å²) in [7, 11) is 0. The van der Waals surface area contributed by atoms with Crippen molar-refractivity contribution < 1.29 is 4.79 Å². The molecule has 21 heavy (non-hydrogen) atoms. The smallest absolute Gasteiger partial charge is 0.194 e. The molecule has 0 saturated heterocycles. The molecule has 0 N–H and O–H groups in total. The van der Waals surface area contributed by atoms with Crippen LogP contribution in [-0.4, -0.2) is 5.78 Å². The summed E-state index contributed by atoms with van der Waals surface area (Å²) in [4.78, 5) is 12.8. The highest BCUT2D eigenvalue weighted by Crippen LogP contribution is 2.43. The topological polar surface area (TPSA) is 17.1 Å². The van der Waals surface area contributed by atoms with Crippen LogP contribution in [0.2, 0.25) is 0 Å². The molecule has 0 heterocycles. The highest BCUT2D eigenvalue weighted by molar-refractivity contribution is 9.10. The quantitative estimate of drug-likeness (QED) is 0.460. The van der Waals surface area contributed by atoms with E-state index in [0.717, 1.165) is 37.9 Å². The molecule has 3 aromatic carbocycles. The van der Waals surface area contributed by atoms with Gasteiger partial charge in [0.1, 0.15) is 0 Å². The van der Waals surface area contributed by atoms with Crippen LogP contribution < -0.4 is 0 Å². The third kappa shape index (κ3) is 1.87. The van der Waals surface area contributed by atoms with Gasteiger partial charge in [-0.05, 0) is 34.4 Å². The second-order valence-electron chi connectivity index (χ2n) is 5.12. The van der Waals surface area contributed by atoms with Gasteiger partial charge in [0.25, 0.3) is 0 Å². The first-order valence-electron chi connectivity index (χ1n) is 6.79. The van der Waals surface area contributed by atoms with E-state index in [1.165, 1.54) is 0 Å². The van der Waals surface area contributed by atoms with E-state index in [0.29, 0.717) is 0 Å². The van der Waals surface area contributed by atoms with Crippen LogP contribution in [0.5, 0.6) is 0 Å². The molecular formula is C19H11BrO. The maximum atomic E-state index is 12.8. The number of carbonyl (C=O) groups is 1. The van der Waals surface area contributed by atoms with Crippen LogP contribution in [0, 0.1) is 0 Å². The molecule has 0 spiro atoms. The molecule has 0 fully saturated rings. The number of hydrogen-bond acceptors (Lipinski definition) is 1. The minimum Gasteiger partial charge on any atom is -0.289 e. The molecule has 0 saturated carbocycles. The van der Waals surface area contributed by atoms with E-state index < -0.39 is 0 Å². The van der Waals surface area contributed by atoms with E-state index in [1.807, 2.05) is 66.7 Å². The highest BCUT2D eigenvalue weighted by Gasteiger charge is 2.29. The molecule has 0 aliphatic heterocycles. The summed E-state index contributed by atoms with van der Waals surface area (Å²) in [5.41, 5.74) is 5.70. The molecule has 2 heteroatoms. The van der Waals surface area contributed by atoms with E-state index in [1.54, 1.807) is 0 Å². The van der Waals surface area contributed by atoms with Crippen LogP contribution in [0.3, 0.4) is 0 Å². The predicted molar refractivity (Wildman–Crippen MR) is 88.4 cm³/mol. The molecule has 0 radical (unpaired) electrons. The largest absolute Gasteiger partial charge is 0.289 e. The van der Waals surface area contributed by atoms with E-state index in [-0.39, 0.29) is 5.78 Å². The Bertz CT molecular complexity index is 866. The monoisotopic (exact) mass is 334 g/mol. The zero-order valence-electron chi connectivity index (χ0n) is 11.1. The van der Waals surface area contributed by atoms with Crippen molar-refractivity contribution in [2.45, 2.75) is 0 Å². The standard InChI is InChI=1S/C19H11BrO/c20-13-10-16(12-6-2-1-3-7-12)18-17(11-13)14-8-4-5-9-15(14)19(18)21/h1-11H. The first-order chi connectivity index (χ1) is 10.3. The van der Waals surface area contributed by atoms with Crippen molar-refractivity contribution in [3.63, 3.8) is 0 Å². The van der Waals surface area contributed by atoms with Gasteiger partial charge in [-0.25, -0.2) is 0 Å². The molecule has 0 bridgehead atoms. The van der Waals surface area contributed by atoms with Gasteiger partial charge in [-0.2, -0.15) is 0 Å². The number of fused-ring (bicyclic) bond motifs is 3. The van der Waals surface area contributed by atoms with Crippen molar-refractivity contribution in [2.24, 2.45) is 0 Å². The van der Waals surface area contributed by atoms with Gasteiger partial charge in [-0.3, -0.25) is 4.79 Å². The third-order valence-corrected chi connectivity index (χ3v) is 4.33. The van der Waals surface area contributed by atoms with E-state index in [9.17, 15) is 4.79 Å². The van der Waals surface area contributed by atoms with Crippen molar-refractivity contribution >= 4 is 21.7 Å². The first kappa shape index (κ1) is 12.5. The zero-order valence-corrected chi connectivity index (χ0v) is 12.7. The van der Waals surface area contributed by atoms with Crippen LogP contribution in [0.1, 0.15) is 15.9 Å². The molecule has 1 aliphatic carbocycles. The Hall–Kier alpha value is -2.19. The molecular weight excluding hydrogens is 324 g/mol. The fourth-order valence-electron chi connectivity index (χ4n) is 2.96. The van der Waals surface area contributed by atoms with Gasteiger partial charge in [-0.1, -0.05) is 70.5 Å². The summed E-state index contributed by atoms with van der Waals surface area (Å²) in [6.45, 7) is 0. The van der Waals surface area contributed by atoms with Crippen LogP contribution in [0.4, 0.5) is 0 Å². The Kier molecular flexibility index (Phi) is 2.79. The Labute approximate surface area is 131 Å². The minimum absolute atomic E-state index is 0.118. The fraction of sp³-hybridized carbons (Fsp3) is 0. The van der Waals surface area contributed by atoms with Crippen molar-refractivity contribution in [3.8, 4) is 22.3 Å². The van der Waals surface area contributed by atoms with Gasteiger partial charge >= 0.3 is 0 Å². The summed E-state index contributed by atoms with van der Waals surface area (Å²) < 4.78 is 0.990. The van der Waals surface area contributed by atoms with Crippen LogP contribution in [-0.2, 0) is 0 Å². The van der Waals surface area contributed by atoms with Crippen LogP contribution >= 0.6 is 15.9 Å². The van der Waals surface area contributed by atoms with Crippen molar-refractivity contribution in [3.05, 3.63) is 82.3 Å². The summed E-state index contributed by atoms with van der Waals surface area (Å²) >= 11 is 3.57. The van der Waals surface area contributed by atoms with Gasteiger partial charge in [-0.15, -0.1) is 0 Å². The number of hydrogen-bond donors (Lipinski definition) is 0. The number of rotatable bonds is 1. The molecule has 100 valence electrons. The Morgan fingerprint density at radius 2 is 1.29 bits per heavy atom. The predicted octanol–water partition coefficient (Wildman–Crippen LogP) is 5.33. The lowest BCUT2D eigenvalue weighted by Gasteiger charge is -2.09. The highest BCUT2D eigenvalue weighted by atomic mass is 79.9. The second kappa shape index (κ2) is 4.68. The van der Waals surface area contributed by atoms with Crippen molar-refractivity contribution in [2.75, 3.05) is 0 Å². The molecule has 0 atom stereocenters. The molecule has 0 amide bonds. The molecule has 3 aromatic rings. The maximum Gasteiger partial charge on any atom is 0.194 e. The molecule has 0 aromatic heterocycles. The van der Waals surface area contributed by atoms with Crippen LogP contribution in [0.25, 0.3) is 22.3 Å². The summed E-state index contributed by atoms with van der Waals surface area (Å²) in [5.74, 6) is 0.118. The Balaban J connectivity index is 2.06. The lowest BCUT2D eigenvalue weighted by atomic mass is 9.95. The average molecular weight is 335 g/mol. The molecule has 1 aliphatic rings.